The number of hydrogen-bond acceptors (Lipinski definition) is 4. The zero-order valence-electron chi connectivity index (χ0n) is 14.3. The number of carboxylic acids is 1. The maximum Gasteiger partial charge on any atom is 0.329 e. The van der Waals surface area contributed by atoms with Crippen LogP contribution < -0.4 is 10.6 Å². The highest BCUT2D eigenvalue weighted by Crippen LogP contribution is 2.18. The van der Waals surface area contributed by atoms with E-state index >= 15 is 0 Å². The molecule has 2 unspecified atom stereocenters. The molecule has 1 aromatic carbocycles. The van der Waals surface area contributed by atoms with Gasteiger partial charge in [0.25, 0.3) is 5.91 Å². The molecule has 1 aliphatic rings. The molecule has 0 spiro atoms. The maximum absolute atomic E-state index is 12.3. The summed E-state index contributed by atoms with van der Waals surface area (Å²) >= 11 is 0. The van der Waals surface area contributed by atoms with Gasteiger partial charge in [0.2, 0.25) is 11.8 Å². The highest BCUT2D eigenvalue weighted by Gasteiger charge is 2.34. The van der Waals surface area contributed by atoms with Gasteiger partial charge in [-0.2, -0.15) is 0 Å². The summed E-state index contributed by atoms with van der Waals surface area (Å²) < 4.78 is 0. The Kier molecular flexibility index (Phi) is 5.56. The first-order chi connectivity index (χ1) is 11.7. The van der Waals surface area contributed by atoms with Crippen molar-refractivity contribution >= 4 is 23.7 Å². The average molecular weight is 346 g/mol. The lowest BCUT2D eigenvalue weighted by Gasteiger charge is -2.25. The molecule has 0 saturated carbocycles. The largest absolute Gasteiger partial charge is 0.480 e. The minimum Gasteiger partial charge on any atom is -0.480 e. The molecule has 2 atom stereocenters. The van der Waals surface area contributed by atoms with Crippen LogP contribution in [0.15, 0.2) is 24.3 Å². The van der Waals surface area contributed by atoms with Crippen molar-refractivity contribution in [3.8, 4) is 0 Å². The van der Waals surface area contributed by atoms with Crippen molar-refractivity contribution in [3.63, 3.8) is 0 Å². The van der Waals surface area contributed by atoms with E-state index in [1.54, 1.807) is 24.3 Å². The van der Waals surface area contributed by atoms with Gasteiger partial charge < -0.3 is 10.4 Å². The Morgan fingerprint density at radius 2 is 1.92 bits per heavy atom. The van der Waals surface area contributed by atoms with Crippen molar-refractivity contribution in [1.29, 1.82) is 0 Å². The molecule has 1 aromatic rings. The van der Waals surface area contributed by atoms with E-state index in [-0.39, 0.29) is 24.2 Å². The molecule has 1 fully saturated rings. The number of carbonyl (C=O) groups excluding carboxylic acids is 3. The second kappa shape index (κ2) is 7.46. The Bertz CT molecular complexity index is 698. The summed E-state index contributed by atoms with van der Waals surface area (Å²) in [4.78, 5) is 46.5. The number of carboxylic acid groups (broad SMARTS) is 1. The number of rotatable bonds is 7. The van der Waals surface area contributed by atoms with Crippen LogP contribution in [0.5, 0.6) is 0 Å². The Labute approximate surface area is 145 Å². The number of nitrogens with one attached hydrogen (secondary N) is 2. The van der Waals surface area contributed by atoms with Gasteiger partial charge in [0, 0.05) is 12.0 Å². The van der Waals surface area contributed by atoms with Gasteiger partial charge in [0.15, 0.2) is 0 Å². The van der Waals surface area contributed by atoms with Crippen LogP contribution in [0.1, 0.15) is 49.0 Å². The number of imide groups is 1. The van der Waals surface area contributed by atoms with Crippen LogP contribution in [-0.2, 0) is 20.8 Å². The highest BCUT2D eigenvalue weighted by atomic mass is 16.4. The molecule has 7 heteroatoms. The molecule has 3 N–H and O–H groups in total. The molecule has 2 rings (SSSR count). The lowest BCUT2D eigenvalue weighted by atomic mass is 9.95. The van der Waals surface area contributed by atoms with E-state index < -0.39 is 17.4 Å². The van der Waals surface area contributed by atoms with Crippen molar-refractivity contribution in [2.45, 2.75) is 45.1 Å². The minimum absolute atomic E-state index is 0.176. The fraction of sp³-hybridized carbons (Fsp3) is 0.444. The number of carbonyl (C=O) groups is 4. The molecule has 1 aliphatic heterocycles. The van der Waals surface area contributed by atoms with E-state index in [0.29, 0.717) is 24.8 Å². The standard InChI is InChI=1S/C18H22N2O5/c1-3-8-18(2,17(24)25)20-16(23)12-6-4-11(5-7-12)9-13-10-14(21)19-15(13)22/h4-7,13H,3,8-10H2,1-2H3,(H,20,23)(H,24,25)(H,19,21,22). The molecule has 0 aromatic heterocycles. The van der Waals surface area contributed by atoms with Crippen LogP contribution in [0.3, 0.4) is 0 Å². The first-order valence-corrected chi connectivity index (χ1v) is 8.23. The van der Waals surface area contributed by atoms with Crippen molar-refractivity contribution in [3.05, 3.63) is 35.4 Å². The van der Waals surface area contributed by atoms with Crippen molar-refractivity contribution < 1.29 is 24.3 Å². The Morgan fingerprint density at radius 3 is 2.40 bits per heavy atom. The van der Waals surface area contributed by atoms with E-state index in [4.69, 9.17) is 0 Å². The summed E-state index contributed by atoms with van der Waals surface area (Å²) in [5.41, 5.74) is -0.132. The van der Waals surface area contributed by atoms with Crippen LogP contribution in [0.4, 0.5) is 0 Å². The average Bonchev–Trinajstić information content (AvgIpc) is 2.85. The van der Waals surface area contributed by atoms with Gasteiger partial charge in [-0.1, -0.05) is 25.5 Å². The Balaban J connectivity index is 2.03. The molecule has 1 saturated heterocycles. The molecule has 134 valence electrons. The smallest absolute Gasteiger partial charge is 0.329 e. The predicted molar refractivity (Wildman–Crippen MR) is 89.8 cm³/mol. The summed E-state index contributed by atoms with van der Waals surface area (Å²) in [5.74, 6) is -2.46. The lowest BCUT2D eigenvalue weighted by molar-refractivity contribution is -0.144. The van der Waals surface area contributed by atoms with Gasteiger partial charge in [-0.25, -0.2) is 4.79 Å². The van der Waals surface area contributed by atoms with Gasteiger partial charge in [0.1, 0.15) is 5.54 Å². The molecule has 3 amide bonds. The Hall–Kier alpha value is -2.70. The van der Waals surface area contributed by atoms with E-state index in [1.807, 2.05) is 6.92 Å². The first-order valence-electron chi connectivity index (χ1n) is 8.23. The first kappa shape index (κ1) is 18.6. The number of hydrogen-bond donors (Lipinski definition) is 3. The summed E-state index contributed by atoms with van der Waals surface area (Å²) in [7, 11) is 0. The van der Waals surface area contributed by atoms with Crippen LogP contribution in [0.25, 0.3) is 0 Å². The third-order valence-corrected chi connectivity index (χ3v) is 4.37. The summed E-state index contributed by atoms with van der Waals surface area (Å²) in [6.07, 6.45) is 1.55. The van der Waals surface area contributed by atoms with Gasteiger partial charge in [-0.05, 0) is 37.5 Å². The predicted octanol–water partition coefficient (Wildman–Crippen LogP) is 1.26. The zero-order chi connectivity index (χ0) is 18.6. The number of aliphatic carboxylic acids is 1. The maximum atomic E-state index is 12.3. The van der Waals surface area contributed by atoms with Crippen molar-refractivity contribution in [2.24, 2.45) is 5.92 Å². The second-order valence-electron chi connectivity index (χ2n) is 6.56. The normalized spacial score (nSPS) is 19.2. The third-order valence-electron chi connectivity index (χ3n) is 4.37. The van der Waals surface area contributed by atoms with E-state index in [0.717, 1.165) is 5.56 Å². The van der Waals surface area contributed by atoms with Crippen molar-refractivity contribution in [1.82, 2.24) is 10.6 Å². The second-order valence-corrected chi connectivity index (χ2v) is 6.56. The lowest BCUT2D eigenvalue weighted by Crippen LogP contribution is -2.52. The molecule has 0 radical (unpaired) electrons. The topological polar surface area (TPSA) is 113 Å². The third kappa shape index (κ3) is 4.43. The molecule has 7 nitrogen and oxygen atoms in total. The van der Waals surface area contributed by atoms with Crippen molar-refractivity contribution in [2.75, 3.05) is 0 Å². The SMILES string of the molecule is CCCC(C)(NC(=O)c1ccc(CC2CC(=O)NC2=O)cc1)C(=O)O. The summed E-state index contributed by atoms with van der Waals surface area (Å²) in [6, 6.07) is 6.60. The molecule has 0 aliphatic carbocycles. The number of benzene rings is 1. The van der Waals surface area contributed by atoms with E-state index in [1.165, 1.54) is 6.92 Å². The molecular formula is C18H22N2O5. The molecule has 25 heavy (non-hydrogen) atoms. The quantitative estimate of drug-likeness (QED) is 0.644. The van der Waals surface area contributed by atoms with Crippen LogP contribution in [0.2, 0.25) is 0 Å². The summed E-state index contributed by atoms with van der Waals surface area (Å²) in [5, 5.41) is 14.2. The van der Waals surface area contributed by atoms with Crippen LogP contribution >= 0.6 is 0 Å². The molecule has 1 heterocycles. The zero-order valence-corrected chi connectivity index (χ0v) is 14.3. The van der Waals surface area contributed by atoms with E-state index in [9.17, 15) is 24.3 Å². The van der Waals surface area contributed by atoms with Gasteiger partial charge in [-0.3, -0.25) is 19.7 Å². The highest BCUT2D eigenvalue weighted by molar-refractivity contribution is 6.03. The molecular weight excluding hydrogens is 324 g/mol. The molecule has 0 bridgehead atoms. The number of amides is 3. The van der Waals surface area contributed by atoms with Crippen LogP contribution in [-0.4, -0.2) is 34.3 Å². The minimum atomic E-state index is -1.31. The van der Waals surface area contributed by atoms with E-state index in [2.05, 4.69) is 10.6 Å². The van der Waals surface area contributed by atoms with Gasteiger partial charge in [0.05, 0.1) is 5.92 Å². The van der Waals surface area contributed by atoms with Gasteiger partial charge in [-0.15, -0.1) is 0 Å². The monoisotopic (exact) mass is 346 g/mol. The van der Waals surface area contributed by atoms with Gasteiger partial charge >= 0.3 is 5.97 Å². The fourth-order valence-corrected chi connectivity index (χ4v) is 2.89. The summed E-state index contributed by atoms with van der Waals surface area (Å²) in [6.45, 7) is 3.34. The fourth-order valence-electron chi connectivity index (χ4n) is 2.89. The van der Waals surface area contributed by atoms with Crippen LogP contribution in [0, 0.1) is 5.92 Å². The Morgan fingerprint density at radius 1 is 1.28 bits per heavy atom.